The van der Waals surface area contributed by atoms with Crippen LogP contribution in [0.1, 0.15) is 27.2 Å². The predicted molar refractivity (Wildman–Crippen MR) is 65.5 cm³/mol. The molecule has 1 aliphatic heterocycles. The second-order valence-electron chi connectivity index (χ2n) is 5.70. The van der Waals surface area contributed by atoms with E-state index < -0.39 is 10.1 Å². The van der Waals surface area contributed by atoms with Gasteiger partial charge in [-0.25, -0.2) is 8.42 Å². The number of carbonyl (C=O) groups is 1. The highest BCUT2D eigenvalue weighted by Crippen LogP contribution is 2.34. The Balaban J connectivity index is 0.000000437. The van der Waals surface area contributed by atoms with Gasteiger partial charge in [0.1, 0.15) is 11.3 Å². The molecule has 0 radical (unpaired) electrons. The average Bonchev–Trinajstić information content (AvgIpc) is 2.08. The zero-order valence-corrected chi connectivity index (χ0v) is 12.3. The maximum atomic E-state index is 11.5. The van der Waals surface area contributed by atoms with Crippen molar-refractivity contribution in [2.45, 2.75) is 32.7 Å². The van der Waals surface area contributed by atoms with Gasteiger partial charge < -0.3 is 9.04 Å². The molecule has 0 bridgehead atoms. The van der Waals surface area contributed by atoms with E-state index in [0.717, 1.165) is 17.4 Å². The van der Waals surface area contributed by atoms with Crippen molar-refractivity contribution in [1.29, 1.82) is 0 Å². The highest BCUT2D eigenvalue weighted by molar-refractivity contribution is 7.84. The molecule has 1 atom stereocenters. The van der Waals surface area contributed by atoms with Gasteiger partial charge >= 0.3 is 0 Å². The van der Waals surface area contributed by atoms with Crippen LogP contribution in [0.3, 0.4) is 0 Å². The Morgan fingerprint density at radius 2 is 1.71 bits per heavy atom. The Morgan fingerprint density at radius 1 is 1.35 bits per heavy atom. The molecule has 0 amide bonds. The quantitative estimate of drug-likeness (QED) is 0.475. The largest absolute Gasteiger partial charge is 0.748 e. The van der Waals surface area contributed by atoms with E-state index >= 15 is 0 Å². The number of likely N-dealkylation sites (tertiary alicyclic amines) is 1. The van der Waals surface area contributed by atoms with E-state index in [4.69, 9.17) is 13.0 Å². The van der Waals surface area contributed by atoms with Gasteiger partial charge in [-0.1, -0.05) is 0 Å². The maximum absolute atomic E-state index is 11.5. The minimum atomic E-state index is -3.92. The predicted octanol–water partition coefficient (Wildman–Crippen LogP) is 0.612. The summed E-state index contributed by atoms with van der Waals surface area (Å²) < 4.78 is 28.2. The second kappa shape index (κ2) is 5.04. The van der Waals surface area contributed by atoms with Gasteiger partial charge in [0.15, 0.2) is 0 Å². The number of rotatable bonds is 0. The Morgan fingerprint density at radius 3 is 2.00 bits per heavy atom. The summed E-state index contributed by atoms with van der Waals surface area (Å²) in [5.41, 5.74) is 0.0926. The number of ketones is 1. The summed E-state index contributed by atoms with van der Waals surface area (Å²) in [4.78, 5) is 11.5. The van der Waals surface area contributed by atoms with E-state index in [2.05, 4.69) is 34.9 Å². The van der Waals surface area contributed by atoms with E-state index in [0.29, 0.717) is 12.0 Å². The van der Waals surface area contributed by atoms with Crippen molar-refractivity contribution in [2.75, 3.05) is 26.9 Å². The van der Waals surface area contributed by atoms with Gasteiger partial charge in [-0.3, -0.25) is 4.79 Å². The van der Waals surface area contributed by atoms with Crippen molar-refractivity contribution >= 4 is 15.9 Å². The van der Waals surface area contributed by atoms with Gasteiger partial charge in [-0.05, 0) is 20.8 Å². The number of hydrogen-bond acceptors (Lipinski definition) is 4. The summed E-state index contributed by atoms with van der Waals surface area (Å²) in [6, 6.07) is 0. The molecule has 0 saturated carbocycles. The molecule has 1 aliphatic rings. The van der Waals surface area contributed by atoms with Gasteiger partial charge in [0.05, 0.1) is 43.1 Å². The van der Waals surface area contributed by atoms with E-state index in [9.17, 15) is 4.79 Å². The third-order valence-electron chi connectivity index (χ3n) is 4.02. The van der Waals surface area contributed by atoms with Crippen LogP contribution in [-0.4, -0.2) is 55.7 Å². The van der Waals surface area contributed by atoms with Crippen LogP contribution >= 0.6 is 0 Å². The van der Waals surface area contributed by atoms with Crippen molar-refractivity contribution in [3.63, 3.8) is 0 Å². The lowest BCUT2D eigenvalue weighted by atomic mass is 9.78. The molecular formula is C11H23NO4S. The standard InChI is InChI=1S/C10H20NO.CH4O3S/c1-8-9(12)6-7-11(4,5)10(8,2)3;1-5(2,3)4/h8H,6-7H2,1-5H3;1H3,(H,2,3,4)/q+1;/p-1. The molecule has 1 rings (SSSR count). The molecule has 1 unspecified atom stereocenters. The minimum Gasteiger partial charge on any atom is -0.748 e. The molecule has 0 aromatic heterocycles. The Hall–Kier alpha value is -0.460. The molecule has 0 spiro atoms. The van der Waals surface area contributed by atoms with E-state index in [1.807, 2.05) is 0 Å². The van der Waals surface area contributed by atoms with Crippen LogP contribution in [-0.2, 0) is 14.9 Å². The summed E-state index contributed by atoms with van der Waals surface area (Å²) in [7, 11) is 0.506. The molecule has 0 aromatic rings. The summed E-state index contributed by atoms with van der Waals surface area (Å²) >= 11 is 0. The SMILES string of the molecule is CC1C(=O)CC[N+](C)(C)C1(C)C.CS(=O)(=O)[O-]. The minimum absolute atomic E-state index is 0.0926. The number of piperidine rings is 1. The van der Waals surface area contributed by atoms with Crippen molar-refractivity contribution in [2.24, 2.45) is 5.92 Å². The summed E-state index contributed by atoms with van der Waals surface area (Å²) in [5, 5.41) is 0. The first-order valence-electron chi connectivity index (χ1n) is 5.55. The van der Waals surface area contributed by atoms with Crippen molar-refractivity contribution in [3.05, 3.63) is 0 Å². The van der Waals surface area contributed by atoms with Gasteiger partial charge in [0.2, 0.25) is 0 Å². The maximum Gasteiger partial charge on any atom is 0.147 e. The molecule has 1 heterocycles. The zero-order chi connectivity index (χ0) is 14.1. The highest BCUT2D eigenvalue weighted by atomic mass is 32.2. The fourth-order valence-corrected chi connectivity index (χ4v) is 1.81. The second-order valence-corrected chi connectivity index (χ2v) is 7.11. The molecule has 0 N–H and O–H groups in total. The summed E-state index contributed by atoms with van der Waals surface area (Å²) in [5.74, 6) is 0.624. The van der Waals surface area contributed by atoms with Gasteiger partial charge in [0, 0.05) is 6.26 Å². The monoisotopic (exact) mass is 265 g/mol. The third kappa shape index (κ3) is 4.73. The number of Topliss-reactive ketones (excluding diaryl/α,β-unsaturated/α-hetero) is 1. The van der Waals surface area contributed by atoms with Gasteiger partial charge in [-0.15, -0.1) is 0 Å². The summed E-state index contributed by atoms with van der Waals surface area (Å²) in [6.45, 7) is 7.42. The molecule has 17 heavy (non-hydrogen) atoms. The number of hydrogen-bond donors (Lipinski definition) is 0. The molecule has 102 valence electrons. The van der Waals surface area contributed by atoms with Crippen LogP contribution in [0.4, 0.5) is 0 Å². The topological polar surface area (TPSA) is 74.3 Å². The number of carbonyl (C=O) groups excluding carboxylic acids is 1. The number of nitrogens with zero attached hydrogens (tertiary/aromatic N) is 1. The summed E-state index contributed by atoms with van der Waals surface area (Å²) in [6.07, 6.45) is 1.35. The average molecular weight is 265 g/mol. The molecular weight excluding hydrogens is 242 g/mol. The first-order valence-corrected chi connectivity index (χ1v) is 7.37. The first-order chi connectivity index (χ1) is 7.29. The van der Waals surface area contributed by atoms with Crippen LogP contribution in [0.2, 0.25) is 0 Å². The fourth-order valence-electron chi connectivity index (χ4n) is 1.81. The molecule has 0 aromatic carbocycles. The molecule has 1 saturated heterocycles. The van der Waals surface area contributed by atoms with Crippen LogP contribution in [0.15, 0.2) is 0 Å². The van der Waals surface area contributed by atoms with Crippen molar-refractivity contribution in [1.82, 2.24) is 0 Å². The smallest absolute Gasteiger partial charge is 0.147 e. The molecule has 5 nitrogen and oxygen atoms in total. The molecule has 6 heteroatoms. The van der Waals surface area contributed by atoms with Crippen LogP contribution in [0, 0.1) is 5.92 Å². The van der Waals surface area contributed by atoms with Crippen LogP contribution < -0.4 is 0 Å². The van der Waals surface area contributed by atoms with E-state index in [1.165, 1.54) is 0 Å². The first kappa shape index (κ1) is 16.5. The lowest BCUT2D eigenvalue weighted by Gasteiger charge is -2.50. The van der Waals surface area contributed by atoms with Crippen LogP contribution in [0.25, 0.3) is 0 Å². The highest BCUT2D eigenvalue weighted by Gasteiger charge is 2.48. The lowest BCUT2D eigenvalue weighted by molar-refractivity contribution is -0.943. The normalized spacial score (nSPS) is 27.0. The number of quaternary nitrogens is 1. The zero-order valence-electron chi connectivity index (χ0n) is 11.5. The third-order valence-corrected chi connectivity index (χ3v) is 4.02. The van der Waals surface area contributed by atoms with E-state index in [1.54, 1.807) is 0 Å². The Labute approximate surface area is 104 Å². The van der Waals surface area contributed by atoms with Gasteiger partial charge in [0.25, 0.3) is 0 Å². The Kier molecular flexibility index (Phi) is 4.90. The van der Waals surface area contributed by atoms with Crippen LogP contribution in [0.5, 0.6) is 0 Å². The van der Waals surface area contributed by atoms with Crippen molar-refractivity contribution in [3.8, 4) is 0 Å². The van der Waals surface area contributed by atoms with Crippen molar-refractivity contribution < 1.29 is 22.2 Å². The molecule has 0 aliphatic carbocycles. The Bertz CT molecular complexity index is 376. The molecule has 1 fully saturated rings. The van der Waals surface area contributed by atoms with Gasteiger partial charge in [-0.2, -0.15) is 0 Å². The fraction of sp³-hybridized carbons (Fsp3) is 0.909. The van der Waals surface area contributed by atoms with E-state index in [-0.39, 0.29) is 11.5 Å². The lowest BCUT2D eigenvalue weighted by Crippen LogP contribution is -2.64.